The third kappa shape index (κ3) is 3.92. The fourth-order valence-electron chi connectivity index (χ4n) is 1.51. The van der Waals surface area contributed by atoms with Crippen LogP contribution in [0.15, 0.2) is 46.0 Å². The van der Waals surface area contributed by atoms with Crippen LogP contribution in [0.4, 0.5) is 0 Å². The molecule has 0 amide bonds. The monoisotopic (exact) mass is 307 g/mol. The summed E-state index contributed by atoms with van der Waals surface area (Å²) in [4.78, 5) is 0.197. The zero-order valence-electron chi connectivity index (χ0n) is 10.5. The zero-order chi connectivity index (χ0) is 14.4. The van der Waals surface area contributed by atoms with Crippen LogP contribution in [0.2, 0.25) is 0 Å². The van der Waals surface area contributed by atoms with Crippen LogP contribution >= 0.6 is 11.3 Å². The largest absolute Gasteiger partial charge is 0.384 e. The average molecular weight is 307 g/mol. The van der Waals surface area contributed by atoms with E-state index in [1.165, 1.54) is 23.5 Å². The topological polar surface area (TPSA) is 66.4 Å². The van der Waals surface area contributed by atoms with E-state index in [2.05, 4.69) is 16.6 Å². The molecule has 0 aliphatic rings. The summed E-state index contributed by atoms with van der Waals surface area (Å²) in [6, 6.07) is 8.10. The van der Waals surface area contributed by atoms with Gasteiger partial charge in [0.1, 0.15) is 6.61 Å². The van der Waals surface area contributed by atoms with E-state index >= 15 is 0 Å². The zero-order valence-corrected chi connectivity index (χ0v) is 12.2. The molecule has 2 rings (SSSR count). The predicted molar refractivity (Wildman–Crippen MR) is 78.8 cm³/mol. The molecule has 6 heteroatoms. The Morgan fingerprint density at radius 2 is 1.95 bits per heavy atom. The van der Waals surface area contributed by atoms with Crippen molar-refractivity contribution in [1.82, 2.24) is 4.72 Å². The summed E-state index contributed by atoms with van der Waals surface area (Å²) in [5, 5.41) is 12.4. The van der Waals surface area contributed by atoms with Crippen LogP contribution in [0.3, 0.4) is 0 Å². The molecular weight excluding hydrogens is 294 g/mol. The van der Waals surface area contributed by atoms with E-state index in [0.29, 0.717) is 5.56 Å². The highest BCUT2D eigenvalue weighted by Crippen LogP contribution is 2.12. The lowest BCUT2D eigenvalue weighted by molar-refractivity contribution is 0.350. The molecule has 0 unspecified atom stereocenters. The standard InChI is InChI=1S/C14H13NO3S2/c16-8-1-2-12-3-5-14(6-4-12)20(17,18)15-10-13-7-9-19-11-13/h3-7,9,11,15-16H,8,10H2. The van der Waals surface area contributed by atoms with Crippen molar-refractivity contribution in [3.05, 3.63) is 52.2 Å². The van der Waals surface area contributed by atoms with E-state index < -0.39 is 10.0 Å². The Bertz CT molecular complexity index is 708. The number of nitrogens with one attached hydrogen (secondary N) is 1. The van der Waals surface area contributed by atoms with Crippen LogP contribution in [0.5, 0.6) is 0 Å². The molecule has 0 bridgehead atoms. The maximum absolute atomic E-state index is 12.1. The van der Waals surface area contributed by atoms with Gasteiger partial charge in [0.05, 0.1) is 4.90 Å². The van der Waals surface area contributed by atoms with E-state index in [1.807, 2.05) is 16.8 Å². The molecule has 0 radical (unpaired) electrons. The molecule has 0 spiro atoms. The van der Waals surface area contributed by atoms with Crippen molar-refractivity contribution in [3.63, 3.8) is 0 Å². The van der Waals surface area contributed by atoms with Crippen molar-refractivity contribution in [2.75, 3.05) is 6.61 Å². The normalized spacial score (nSPS) is 10.8. The van der Waals surface area contributed by atoms with Crippen molar-refractivity contribution in [1.29, 1.82) is 0 Å². The van der Waals surface area contributed by atoms with Gasteiger partial charge >= 0.3 is 0 Å². The first-order chi connectivity index (χ1) is 9.62. The van der Waals surface area contributed by atoms with Crippen LogP contribution in [-0.2, 0) is 16.6 Å². The molecule has 20 heavy (non-hydrogen) atoms. The van der Waals surface area contributed by atoms with Crippen molar-refractivity contribution in [3.8, 4) is 11.8 Å². The van der Waals surface area contributed by atoms with Crippen LogP contribution < -0.4 is 4.72 Å². The molecular formula is C14H13NO3S2. The minimum Gasteiger partial charge on any atom is -0.384 e. The Labute approximate surface area is 122 Å². The molecule has 0 saturated heterocycles. The number of aliphatic hydroxyl groups excluding tert-OH is 1. The first-order valence-corrected chi connectivity index (χ1v) is 8.25. The summed E-state index contributed by atoms with van der Waals surface area (Å²) in [5.41, 5.74) is 1.60. The van der Waals surface area contributed by atoms with Gasteiger partial charge in [0, 0.05) is 12.1 Å². The van der Waals surface area contributed by atoms with E-state index in [4.69, 9.17) is 5.11 Å². The molecule has 0 atom stereocenters. The van der Waals surface area contributed by atoms with Gasteiger partial charge in [-0.3, -0.25) is 0 Å². The molecule has 2 N–H and O–H groups in total. The van der Waals surface area contributed by atoms with Crippen molar-refractivity contribution in [2.45, 2.75) is 11.4 Å². The number of sulfonamides is 1. The van der Waals surface area contributed by atoms with Gasteiger partial charge in [0.15, 0.2) is 0 Å². The maximum Gasteiger partial charge on any atom is 0.240 e. The molecule has 4 nitrogen and oxygen atoms in total. The van der Waals surface area contributed by atoms with Crippen LogP contribution in [-0.4, -0.2) is 20.1 Å². The second-order valence-electron chi connectivity index (χ2n) is 3.94. The first kappa shape index (κ1) is 14.8. The highest BCUT2D eigenvalue weighted by Gasteiger charge is 2.13. The molecule has 1 aromatic heterocycles. The van der Waals surface area contributed by atoms with E-state index in [0.717, 1.165) is 5.56 Å². The number of aliphatic hydroxyl groups is 1. The molecule has 0 saturated carbocycles. The molecule has 0 aliphatic carbocycles. The Kier molecular flexibility index (Phi) is 4.93. The molecule has 1 heterocycles. The third-order valence-corrected chi connectivity index (χ3v) is 4.67. The lowest BCUT2D eigenvalue weighted by Gasteiger charge is -2.05. The minimum atomic E-state index is -3.52. The summed E-state index contributed by atoms with van der Waals surface area (Å²) in [5.74, 6) is 5.22. The summed E-state index contributed by atoms with van der Waals surface area (Å²) in [7, 11) is -3.52. The summed E-state index contributed by atoms with van der Waals surface area (Å²) in [6.45, 7) is 0.0557. The number of hydrogen-bond donors (Lipinski definition) is 2. The quantitative estimate of drug-likeness (QED) is 0.843. The lowest BCUT2D eigenvalue weighted by Crippen LogP contribution is -2.22. The molecule has 0 aliphatic heterocycles. The first-order valence-electron chi connectivity index (χ1n) is 5.82. The van der Waals surface area contributed by atoms with E-state index in [9.17, 15) is 8.42 Å². The van der Waals surface area contributed by atoms with Gasteiger partial charge in [0.2, 0.25) is 10.0 Å². The van der Waals surface area contributed by atoms with Crippen LogP contribution in [0, 0.1) is 11.8 Å². The fourth-order valence-corrected chi connectivity index (χ4v) is 3.20. The van der Waals surface area contributed by atoms with Gasteiger partial charge in [-0.25, -0.2) is 13.1 Å². The number of benzene rings is 1. The van der Waals surface area contributed by atoms with Gasteiger partial charge in [-0.2, -0.15) is 11.3 Å². The SMILES string of the molecule is O=S(=O)(NCc1ccsc1)c1ccc(C#CCO)cc1. The van der Waals surface area contributed by atoms with Gasteiger partial charge in [0.25, 0.3) is 0 Å². The van der Waals surface area contributed by atoms with Crippen LogP contribution in [0.25, 0.3) is 0 Å². The Morgan fingerprint density at radius 3 is 2.55 bits per heavy atom. The second kappa shape index (κ2) is 6.68. The van der Waals surface area contributed by atoms with Crippen LogP contribution in [0.1, 0.15) is 11.1 Å². The Balaban J connectivity index is 2.09. The molecule has 0 fully saturated rings. The Hall–Kier alpha value is -1.65. The predicted octanol–water partition coefficient (Wildman–Crippen LogP) is 1.57. The van der Waals surface area contributed by atoms with Gasteiger partial charge in [-0.1, -0.05) is 11.8 Å². The number of thiophene rings is 1. The highest BCUT2D eigenvalue weighted by molar-refractivity contribution is 7.89. The smallest absolute Gasteiger partial charge is 0.240 e. The van der Waals surface area contributed by atoms with Gasteiger partial charge < -0.3 is 5.11 Å². The Morgan fingerprint density at radius 1 is 1.20 bits per heavy atom. The van der Waals surface area contributed by atoms with E-state index in [-0.39, 0.29) is 18.0 Å². The fraction of sp³-hybridized carbons (Fsp3) is 0.143. The lowest BCUT2D eigenvalue weighted by atomic mass is 10.2. The number of hydrogen-bond acceptors (Lipinski definition) is 4. The molecule has 104 valence electrons. The second-order valence-corrected chi connectivity index (χ2v) is 6.49. The van der Waals surface area contributed by atoms with Gasteiger partial charge in [-0.15, -0.1) is 0 Å². The summed E-state index contributed by atoms with van der Waals surface area (Å²) in [6.07, 6.45) is 0. The number of rotatable bonds is 4. The van der Waals surface area contributed by atoms with Crippen molar-refractivity contribution in [2.24, 2.45) is 0 Å². The summed E-state index contributed by atoms with van der Waals surface area (Å²) >= 11 is 1.53. The minimum absolute atomic E-state index is 0.197. The van der Waals surface area contributed by atoms with E-state index in [1.54, 1.807) is 12.1 Å². The maximum atomic E-state index is 12.1. The average Bonchev–Trinajstić information content (AvgIpc) is 2.97. The molecule has 2 aromatic rings. The summed E-state index contributed by atoms with van der Waals surface area (Å²) < 4.78 is 26.7. The van der Waals surface area contributed by atoms with Crippen molar-refractivity contribution >= 4 is 21.4 Å². The van der Waals surface area contributed by atoms with Gasteiger partial charge in [-0.05, 0) is 46.7 Å². The van der Waals surface area contributed by atoms with Crippen molar-refractivity contribution < 1.29 is 13.5 Å². The third-order valence-electron chi connectivity index (χ3n) is 2.52. The highest BCUT2D eigenvalue weighted by atomic mass is 32.2. The molecule has 1 aromatic carbocycles.